The molecule has 0 N–H and O–H groups in total. The Hall–Kier alpha value is -1.86. The van der Waals surface area contributed by atoms with Crippen LogP contribution in [0.3, 0.4) is 0 Å². The van der Waals surface area contributed by atoms with Crippen molar-refractivity contribution in [3.8, 4) is 5.75 Å². The second-order valence-corrected chi connectivity index (χ2v) is 7.85. The monoisotopic (exact) mass is 390 g/mol. The van der Waals surface area contributed by atoms with Gasteiger partial charge in [0.2, 0.25) is 0 Å². The highest BCUT2D eigenvalue weighted by atomic mass is 32.2. The van der Waals surface area contributed by atoms with E-state index in [1.807, 2.05) is 10.6 Å². The molecule has 1 aromatic heterocycles. The van der Waals surface area contributed by atoms with Crippen molar-refractivity contribution < 1.29 is 9.13 Å². The van der Waals surface area contributed by atoms with Gasteiger partial charge in [-0.2, -0.15) is 0 Å². The van der Waals surface area contributed by atoms with E-state index in [0.717, 1.165) is 17.3 Å². The average Bonchev–Trinajstić information content (AvgIpc) is 3.05. The SMILES string of the molecule is C=CCn1c(COc2ccccc2F)nnc1SCCC1CCCCN1C. The lowest BCUT2D eigenvalue weighted by atomic mass is 10.0. The molecule has 0 spiro atoms. The Labute approximate surface area is 164 Å². The van der Waals surface area contributed by atoms with Crippen LogP contribution in [-0.4, -0.2) is 45.1 Å². The largest absolute Gasteiger partial charge is 0.483 e. The van der Waals surface area contributed by atoms with Gasteiger partial charge in [0.05, 0.1) is 0 Å². The number of hydrogen-bond donors (Lipinski definition) is 0. The highest BCUT2D eigenvalue weighted by Gasteiger charge is 2.19. The van der Waals surface area contributed by atoms with Crippen LogP contribution in [0.25, 0.3) is 0 Å². The zero-order valence-electron chi connectivity index (χ0n) is 15.8. The number of para-hydroxylation sites is 1. The summed E-state index contributed by atoms with van der Waals surface area (Å²) in [5, 5.41) is 9.42. The molecule has 1 saturated heterocycles. The zero-order valence-corrected chi connectivity index (χ0v) is 16.6. The summed E-state index contributed by atoms with van der Waals surface area (Å²) in [6.45, 7) is 5.79. The molecule has 3 rings (SSSR count). The summed E-state index contributed by atoms with van der Waals surface area (Å²) >= 11 is 1.71. The lowest BCUT2D eigenvalue weighted by Gasteiger charge is -2.32. The number of thioether (sulfide) groups is 1. The van der Waals surface area contributed by atoms with Crippen LogP contribution in [0.1, 0.15) is 31.5 Å². The van der Waals surface area contributed by atoms with Gasteiger partial charge in [0.25, 0.3) is 0 Å². The van der Waals surface area contributed by atoms with E-state index in [-0.39, 0.29) is 18.2 Å². The van der Waals surface area contributed by atoms with Crippen molar-refractivity contribution in [2.24, 2.45) is 0 Å². The van der Waals surface area contributed by atoms with Crippen LogP contribution in [0, 0.1) is 5.82 Å². The molecular formula is C20H27FN4OS. The molecular weight excluding hydrogens is 363 g/mol. The molecule has 0 amide bonds. The van der Waals surface area contributed by atoms with E-state index >= 15 is 0 Å². The van der Waals surface area contributed by atoms with Crippen LogP contribution in [0.2, 0.25) is 0 Å². The Bertz CT molecular complexity index is 751. The number of aromatic nitrogens is 3. The molecule has 1 aromatic carbocycles. The Morgan fingerprint density at radius 1 is 1.33 bits per heavy atom. The fourth-order valence-corrected chi connectivity index (χ4v) is 4.35. The first kappa shape index (κ1) is 19.9. The van der Waals surface area contributed by atoms with Crippen molar-refractivity contribution in [1.82, 2.24) is 19.7 Å². The molecule has 1 atom stereocenters. The van der Waals surface area contributed by atoms with Crippen molar-refractivity contribution in [2.45, 2.75) is 50.0 Å². The third-order valence-corrected chi connectivity index (χ3v) is 5.90. The van der Waals surface area contributed by atoms with Crippen LogP contribution >= 0.6 is 11.8 Å². The predicted octanol–water partition coefficient (Wildman–Crippen LogP) is 4.15. The maximum Gasteiger partial charge on any atom is 0.191 e. The molecule has 1 aliphatic heterocycles. The van der Waals surface area contributed by atoms with Crippen LogP contribution in [0.5, 0.6) is 5.75 Å². The Kier molecular flexibility index (Phi) is 7.29. The topological polar surface area (TPSA) is 43.2 Å². The number of hydrogen-bond acceptors (Lipinski definition) is 5. The predicted molar refractivity (Wildman–Crippen MR) is 107 cm³/mol. The Balaban J connectivity index is 1.59. The molecule has 5 nitrogen and oxygen atoms in total. The van der Waals surface area contributed by atoms with Gasteiger partial charge in [0, 0.05) is 18.3 Å². The first-order valence-electron chi connectivity index (χ1n) is 9.42. The summed E-state index contributed by atoms with van der Waals surface area (Å²) in [5.74, 6) is 1.52. The van der Waals surface area contributed by atoms with E-state index in [1.54, 1.807) is 30.0 Å². The van der Waals surface area contributed by atoms with Gasteiger partial charge in [-0.05, 0) is 45.0 Å². The average molecular weight is 391 g/mol. The molecule has 1 fully saturated rings. The van der Waals surface area contributed by atoms with Gasteiger partial charge >= 0.3 is 0 Å². The molecule has 1 unspecified atom stereocenters. The fraction of sp³-hybridized carbons (Fsp3) is 0.500. The van der Waals surface area contributed by atoms with Gasteiger partial charge in [0.1, 0.15) is 6.61 Å². The third-order valence-electron chi connectivity index (χ3n) is 4.90. The molecule has 146 valence electrons. The number of halogens is 1. The normalized spacial score (nSPS) is 17.8. The highest BCUT2D eigenvalue weighted by molar-refractivity contribution is 7.99. The number of rotatable bonds is 9. The molecule has 0 saturated carbocycles. The lowest BCUT2D eigenvalue weighted by Crippen LogP contribution is -2.36. The summed E-state index contributed by atoms with van der Waals surface area (Å²) in [6.07, 6.45) is 6.86. The number of benzene rings is 1. The Morgan fingerprint density at radius 3 is 2.96 bits per heavy atom. The van der Waals surface area contributed by atoms with Crippen molar-refractivity contribution in [2.75, 3.05) is 19.3 Å². The maximum absolute atomic E-state index is 13.7. The fourth-order valence-electron chi connectivity index (χ4n) is 3.34. The van der Waals surface area contributed by atoms with Crippen LogP contribution in [0.4, 0.5) is 4.39 Å². The van der Waals surface area contributed by atoms with Crippen molar-refractivity contribution in [3.63, 3.8) is 0 Å². The summed E-state index contributed by atoms with van der Waals surface area (Å²) in [4.78, 5) is 2.46. The number of allylic oxidation sites excluding steroid dienone is 1. The van der Waals surface area contributed by atoms with Gasteiger partial charge in [-0.3, -0.25) is 4.57 Å². The standard InChI is InChI=1S/C20H27FN4OS/c1-3-12-25-19(15-26-18-10-5-4-9-17(18)21)22-23-20(25)27-14-11-16-8-6-7-13-24(16)2/h3-5,9-10,16H,1,6-8,11-15H2,2H3. The second-order valence-electron chi connectivity index (χ2n) is 6.78. The van der Waals surface area contributed by atoms with E-state index in [0.29, 0.717) is 18.4 Å². The quantitative estimate of drug-likeness (QED) is 0.475. The van der Waals surface area contributed by atoms with Crippen LogP contribution in [-0.2, 0) is 13.2 Å². The maximum atomic E-state index is 13.7. The smallest absolute Gasteiger partial charge is 0.191 e. The van der Waals surface area contributed by atoms with Gasteiger partial charge in [-0.25, -0.2) is 4.39 Å². The second kappa shape index (κ2) is 9.90. The summed E-state index contributed by atoms with van der Waals surface area (Å²) < 4.78 is 21.3. The van der Waals surface area contributed by atoms with Crippen molar-refractivity contribution in [3.05, 3.63) is 48.6 Å². The molecule has 7 heteroatoms. The highest BCUT2D eigenvalue weighted by Crippen LogP contribution is 2.24. The van der Waals surface area contributed by atoms with Gasteiger partial charge in [0.15, 0.2) is 22.5 Å². The van der Waals surface area contributed by atoms with E-state index in [9.17, 15) is 4.39 Å². The van der Waals surface area contributed by atoms with E-state index < -0.39 is 0 Å². The molecule has 27 heavy (non-hydrogen) atoms. The third kappa shape index (κ3) is 5.32. The first-order chi connectivity index (χ1) is 13.2. The molecule has 0 bridgehead atoms. The van der Waals surface area contributed by atoms with Crippen LogP contribution in [0.15, 0.2) is 42.1 Å². The van der Waals surface area contributed by atoms with E-state index in [4.69, 9.17) is 4.74 Å². The van der Waals surface area contributed by atoms with Gasteiger partial charge in [-0.1, -0.05) is 36.4 Å². The number of ether oxygens (including phenoxy) is 1. The minimum absolute atomic E-state index is 0.174. The molecule has 2 aromatic rings. The Morgan fingerprint density at radius 2 is 2.19 bits per heavy atom. The molecule has 2 heterocycles. The van der Waals surface area contributed by atoms with Gasteiger partial charge in [-0.15, -0.1) is 16.8 Å². The van der Waals surface area contributed by atoms with E-state index in [2.05, 4.69) is 28.7 Å². The number of piperidine rings is 1. The summed E-state index contributed by atoms with van der Waals surface area (Å²) in [6, 6.07) is 7.04. The number of likely N-dealkylation sites (tertiary alicyclic amines) is 1. The molecule has 1 aliphatic rings. The van der Waals surface area contributed by atoms with Crippen molar-refractivity contribution in [1.29, 1.82) is 0 Å². The zero-order chi connectivity index (χ0) is 19.1. The lowest BCUT2D eigenvalue weighted by molar-refractivity contribution is 0.182. The molecule has 0 aliphatic carbocycles. The van der Waals surface area contributed by atoms with Gasteiger partial charge < -0.3 is 9.64 Å². The summed E-state index contributed by atoms with van der Waals surface area (Å²) in [5.41, 5.74) is 0. The van der Waals surface area contributed by atoms with Crippen LogP contribution < -0.4 is 4.74 Å². The molecule has 0 radical (unpaired) electrons. The number of nitrogens with zero attached hydrogens (tertiary/aromatic N) is 4. The van der Waals surface area contributed by atoms with E-state index in [1.165, 1.54) is 31.9 Å². The minimum Gasteiger partial charge on any atom is -0.483 e. The summed E-state index contributed by atoms with van der Waals surface area (Å²) in [7, 11) is 2.22. The first-order valence-corrected chi connectivity index (χ1v) is 10.4. The van der Waals surface area contributed by atoms with Crippen molar-refractivity contribution >= 4 is 11.8 Å². The minimum atomic E-state index is -0.376.